The van der Waals surface area contributed by atoms with Gasteiger partial charge in [0, 0.05) is 13.2 Å². The average molecular weight is 213 g/mol. The zero-order chi connectivity index (χ0) is 11.1. The molecule has 0 saturated carbocycles. The molecule has 3 nitrogen and oxygen atoms in total. The molecule has 15 heavy (non-hydrogen) atoms. The second-order valence-corrected chi connectivity index (χ2v) is 3.01. The Bertz CT molecular complexity index is 305. The Morgan fingerprint density at radius 2 is 2.13 bits per heavy atom. The van der Waals surface area contributed by atoms with Crippen molar-refractivity contribution in [1.82, 2.24) is 0 Å². The second-order valence-electron chi connectivity index (χ2n) is 3.01. The second kappa shape index (κ2) is 6.37. The van der Waals surface area contributed by atoms with Crippen LogP contribution in [-0.2, 0) is 11.3 Å². The Kier molecular flexibility index (Phi) is 5.07. The van der Waals surface area contributed by atoms with Gasteiger partial charge in [0.2, 0.25) is 0 Å². The molecule has 0 unspecified atom stereocenters. The quantitative estimate of drug-likeness (QED) is 0.731. The van der Waals surface area contributed by atoms with E-state index in [2.05, 4.69) is 0 Å². The first-order valence-corrected chi connectivity index (χ1v) is 4.97. The summed E-state index contributed by atoms with van der Waals surface area (Å²) in [6.45, 7) is 3.69. The van der Waals surface area contributed by atoms with E-state index >= 15 is 0 Å². The van der Waals surface area contributed by atoms with Gasteiger partial charge in [-0.15, -0.1) is 0 Å². The van der Waals surface area contributed by atoms with Crippen molar-refractivity contribution in [3.63, 3.8) is 0 Å². The number of ether oxygens (including phenoxy) is 2. The van der Waals surface area contributed by atoms with E-state index in [-0.39, 0.29) is 11.6 Å². The summed E-state index contributed by atoms with van der Waals surface area (Å²) >= 11 is 0. The predicted octanol–water partition coefficient (Wildman–Crippen LogP) is 1.70. The van der Waals surface area contributed by atoms with Crippen LogP contribution in [-0.4, -0.2) is 19.8 Å². The molecule has 0 amide bonds. The Hall–Kier alpha value is -1.13. The molecule has 1 rings (SSSR count). The number of nitrogens with two attached hydrogens (primary N) is 1. The van der Waals surface area contributed by atoms with Gasteiger partial charge in [-0.05, 0) is 24.6 Å². The first-order valence-electron chi connectivity index (χ1n) is 4.97. The van der Waals surface area contributed by atoms with Crippen LogP contribution >= 0.6 is 0 Å². The van der Waals surface area contributed by atoms with Crippen molar-refractivity contribution in [1.29, 1.82) is 0 Å². The molecule has 0 fully saturated rings. The largest absolute Gasteiger partial charge is 0.488 e. The molecule has 0 heterocycles. The summed E-state index contributed by atoms with van der Waals surface area (Å²) in [7, 11) is 0. The third-order valence-electron chi connectivity index (χ3n) is 1.92. The van der Waals surface area contributed by atoms with E-state index in [4.69, 9.17) is 15.2 Å². The minimum atomic E-state index is -0.380. The lowest BCUT2D eigenvalue weighted by atomic mass is 10.2. The topological polar surface area (TPSA) is 44.5 Å². The molecule has 84 valence electrons. The standard InChI is InChI=1S/C11H16FNO2/c1-2-14-5-6-15-11-4-3-9(8-13)7-10(11)12/h3-4,7H,2,5-6,8,13H2,1H3. The maximum Gasteiger partial charge on any atom is 0.165 e. The van der Waals surface area contributed by atoms with Gasteiger partial charge in [0.15, 0.2) is 11.6 Å². The molecule has 0 radical (unpaired) electrons. The first kappa shape index (κ1) is 11.9. The monoisotopic (exact) mass is 213 g/mol. The lowest BCUT2D eigenvalue weighted by molar-refractivity contribution is 0.108. The SMILES string of the molecule is CCOCCOc1ccc(CN)cc1F. The van der Waals surface area contributed by atoms with E-state index in [1.165, 1.54) is 6.07 Å². The number of hydrogen-bond donors (Lipinski definition) is 1. The summed E-state index contributed by atoms with van der Waals surface area (Å²) in [5.41, 5.74) is 6.14. The summed E-state index contributed by atoms with van der Waals surface area (Å²) in [6, 6.07) is 4.72. The van der Waals surface area contributed by atoms with Gasteiger partial charge in [-0.1, -0.05) is 6.07 Å². The molecule has 0 aliphatic rings. The minimum absolute atomic E-state index is 0.243. The molecule has 0 spiro atoms. The summed E-state index contributed by atoms with van der Waals surface area (Å²) in [5, 5.41) is 0. The highest BCUT2D eigenvalue weighted by Crippen LogP contribution is 2.17. The van der Waals surface area contributed by atoms with Gasteiger partial charge < -0.3 is 15.2 Å². The van der Waals surface area contributed by atoms with Gasteiger partial charge in [0.1, 0.15) is 6.61 Å². The maximum absolute atomic E-state index is 13.3. The Balaban J connectivity index is 2.47. The fourth-order valence-electron chi connectivity index (χ4n) is 1.14. The fourth-order valence-corrected chi connectivity index (χ4v) is 1.14. The summed E-state index contributed by atoms with van der Waals surface area (Å²) in [5.74, 6) is -0.138. The zero-order valence-corrected chi connectivity index (χ0v) is 8.83. The number of hydrogen-bond acceptors (Lipinski definition) is 3. The van der Waals surface area contributed by atoms with E-state index in [1.54, 1.807) is 12.1 Å². The molecule has 2 N–H and O–H groups in total. The summed E-state index contributed by atoms with van der Waals surface area (Å²) < 4.78 is 23.6. The van der Waals surface area contributed by atoms with Crippen LogP contribution in [0, 0.1) is 5.82 Å². The van der Waals surface area contributed by atoms with Crippen LogP contribution in [0.3, 0.4) is 0 Å². The van der Waals surface area contributed by atoms with Crippen LogP contribution in [0.15, 0.2) is 18.2 Å². The Morgan fingerprint density at radius 3 is 2.73 bits per heavy atom. The van der Waals surface area contributed by atoms with Crippen molar-refractivity contribution in [2.24, 2.45) is 5.73 Å². The van der Waals surface area contributed by atoms with Gasteiger partial charge >= 0.3 is 0 Å². The molecular weight excluding hydrogens is 197 g/mol. The third kappa shape index (κ3) is 3.85. The molecule has 0 bridgehead atoms. The van der Waals surface area contributed by atoms with Gasteiger partial charge in [-0.2, -0.15) is 0 Å². The van der Waals surface area contributed by atoms with Crippen LogP contribution in [0.5, 0.6) is 5.75 Å². The van der Waals surface area contributed by atoms with Crippen molar-refractivity contribution in [3.8, 4) is 5.75 Å². The molecule has 0 saturated heterocycles. The van der Waals surface area contributed by atoms with Crippen LogP contribution in [0.2, 0.25) is 0 Å². The zero-order valence-electron chi connectivity index (χ0n) is 8.83. The van der Waals surface area contributed by atoms with Crippen molar-refractivity contribution >= 4 is 0 Å². The number of benzene rings is 1. The van der Waals surface area contributed by atoms with Gasteiger partial charge in [-0.3, -0.25) is 0 Å². The van der Waals surface area contributed by atoms with E-state index in [0.717, 1.165) is 5.56 Å². The van der Waals surface area contributed by atoms with Crippen molar-refractivity contribution in [2.75, 3.05) is 19.8 Å². The molecule has 0 aliphatic carbocycles. The minimum Gasteiger partial charge on any atom is -0.488 e. The lowest BCUT2D eigenvalue weighted by Gasteiger charge is -2.07. The molecule has 1 aromatic carbocycles. The van der Waals surface area contributed by atoms with Gasteiger partial charge in [0.25, 0.3) is 0 Å². The molecule has 1 aromatic rings. The van der Waals surface area contributed by atoms with Crippen molar-refractivity contribution in [2.45, 2.75) is 13.5 Å². The summed E-state index contributed by atoms with van der Waals surface area (Å²) in [6.07, 6.45) is 0. The molecule has 0 aliphatic heterocycles. The van der Waals surface area contributed by atoms with Gasteiger partial charge in [0.05, 0.1) is 6.61 Å². The first-order chi connectivity index (χ1) is 7.27. The van der Waals surface area contributed by atoms with Crippen molar-refractivity contribution < 1.29 is 13.9 Å². The lowest BCUT2D eigenvalue weighted by Crippen LogP contribution is -2.07. The highest BCUT2D eigenvalue weighted by molar-refractivity contribution is 5.29. The van der Waals surface area contributed by atoms with Crippen LogP contribution in [0.1, 0.15) is 12.5 Å². The molecule has 0 atom stereocenters. The highest BCUT2D eigenvalue weighted by Gasteiger charge is 2.03. The van der Waals surface area contributed by atoms with E-state index in [9.17, 15) is 4.39 Å². The average Bonchev–Trinajstić information content (AvgIpc) is 2.26. The van der Waals surface area contributed by atoms with Crippen LogP contribution in [0.4, 0.5) is 4.39 Å². The van der Waals surface area contributed by atoms with E-state index in [1.807, 2.05) is 6.92 Å². The van der Waals surface area contributed by atoms with Crippen molar-refractivity contribution in [3.05, 3.63) is 29.6 Å². The van der Waals surface area contributed by atoms with E-state index in [0.29, 0.717) is 26.4 Å². The predicted molar refractivity (Wildman–Crippen MR) is 56.3 cm³/mol. The van der Waals surface area contributed by atoms with Crippen LogP contribution < -0.4 is 10.5 Å². The molecule has 0 aromatic heterocycles. The third-order valence-corrected chi connectivity index (χ3v) is 1.92. The Labute approximate surface area is 89.0 Å². The van der Waals surface area contributed by atoms with Gasteiger partial charge in [-0.25, -0.2) is 4.39 Å². The maximum atomic E-state index is 13.3. The number of halogens is 1. The highest BCUT2D eigenvalue weighted by atomic mass is 19.1. The van der Waals surface area contributed by atoms with E-state index < -0.39 is 0 Å². The summed E-state index contributed by atoms with van der Waals surface area (Å²) in [4.78, 5) is 0. The molecule has 4 heteroatoms. The normalized spacial score (nSPS) is 10.3. The fraction of sp³-hybridized carbons (Fsp3) is 0.455. The number of rotatable bonds is 6. The Morgan fingerprint density at radius 1 is 1.33 bits per heavy atom. The van der Waals surface area contributed by atoms with Crippen LogP contribution in [0.25, 0.3) is 0 Å². The molecular formula is C11H16FNO2. The smallest absolute Gasteiger partial charge is 0.165 e.